The lowest BCUT2D eigenvalue weighted by Gasteiger charge is -2.37. The van der Waals surface area contributed by atoms with Crippen LogP contribution in [0.1, 0.15) is 24.7 Å². The van der Waals surface area contributed by atoms with Crippen LogP contribution in [0.25, 0.3) is 0 Å². The van der Waals surface area contributed by atoms with Gasteiger partial charge in [-0.25, -0.2) is 0 Å². The number of nitrogens with two attached hydrogens (primary N) is 1. The summed E-state index contributed by atoms with van der Waals surface area (Å²) in [6, 6.07) is 6.21. The Hall–Kier alpha value is -0.580. The molecular weight excluding hydrogens is 242 g/mol. The second-order valence-corrected chi connectivity index (χ2v) is 6.81. The highest BCUT2D eigenvalue weighted by molar-refractivity contribution is 8.00. The molecule has 2 unspecified atom stereocenters. The molecule has 18 heavy (non-hydrogen) atoms. The van der Waals surface area contributed by atoms with Crippen LogP contribution in [0.3, 0.4) is 0 Å². The Bertz CT molecular complexity index is 410. The summed E-state index contributed by atoms with van der Waals surface area (Å²) in [5.41, 5.74) is 8.40. The average molecular weight is 265 g/mol. The van der Waals surface area contributed by atoms with Crippen molar-refractivity contribution in [2.75, 3.05) is 19.3 Å². The highest BCUT2D eigenvalue weighted by Crippen LogP contribution is 2.37. The van der Waals surface area contributed by atoms with Crippen LogP contribution >= 0.6 is 11.8 Å². The number of hydrogen-bond acceptors (Lipinski definition) is 4. The lowest BCUT2D eigenvalue weighted by Crippen LogP contribution is -2.52. The van der Waals surface area contributed by atoms with Crippen molar-refractivity contribution < 1.29 is 0 Å². The maximum absolute atomic E-state index is 6.04. The molecule has 1 aliphatic heterocycles. The van der Waals surface area contributed by atoms with E-state index in [-0.39, 0.29) is 5.54 Å². The first-order chi connectivity index (χ1) is 8.55. The molecule has 1 saturated heterocycles. The van der Waals surface area contributed by atoms with Crippen LogP contribution in [-0.2, 0) is 6.54 Å². The quantitative estimate of drug-likeness (QED) is 0.904. The predicted octanol–water partition coefficient (Wildman–Crippen LogP) is 2.04. The smallest absolute Gasteiger partial charge is 0.0547 e. The minimum absolute atomic E-state index is 0.148. The number of thioether (sulfide) groups is 1. The maximum atomic E-state index is 6.04. The Morgan fingerprint density at radius 2 is 2.33 bits per heavy atom. The summed E-state index contributed by atoms with van der Waals surface area (Å²) < 4.78 is 0. The third-order valence-electron chi connectivity index (χ3n) is 3.84. The topological polar surface area (TPSA) is 42.1 Å². The molecule has 2 rings (SSSR count). The predicted molar refractivity (Wildman–Crippen MR) is 78.8 cm³/mol. The zero-order valence-electron chi connectivity index (χ0n) is 11.5. The van der Waals surface area contributed by atoms with Crippen molar-refractivity contribution in [1.29, 1.82) is 0 Å². The van der Waals surface area contributed by atoms with E-state index in [9.17, 15) is 0 Å². The standard InChI is InChI=1S/C14H23N3S/c1-11-5-4-6-13(16-11)8-17(3)14(9-15)7-12(2)18-10-14/h4-6,12H,7-10,15H2,1-3H3. The van der Waals surface area contributed by atoms with Crippen molar-refractivity contribution in [3.05, 3.63) is 29.6 Å². The van der Waals surface area contributed by atoms with Crippen molar-refractivity contribution in [3.8, 4) is 0 Å². The second-order valence-electron chi connectivity index (χ2n) is 5.38. The van der Waals surface area contributed by atoms with Gasteiger partial charge in [0.1, 0.15) is 0 Å². The molecule has 0 amide bonds. The van der Waals surface area contributed by atoms with Crippen molar-refractivity contribution in [2.24, 2.45) is 5.73 Å². The summed E-state index contributed by atoms with van der Waals surface area (Å²) in [5.74, 6) is 1.13. The van der Waals surface area contributed by atoms with E-state index in [0.717, 1.165) is 30.2 Å². The third-order valence-corrected chi connectivity index (χ3v) is 5.28. The molecule has 1 aromatic rings. The van der Waals surface area contributed by atoms with Gasteiger partial charge in [-0.05, 0) is 32.5 Å². The summed E-state index contributed by atoms with van der Waals surface area (Å²) in [4.78, 5) is 6.97. The molecule has 100 valence electrons. The van der Waals surface area contributed by atoms with Gasteiger partial charge < -0.3 is 5.73 Å². The monoisotopic (exact) mass is 265 g/mol. The van der Waals surface area contributed by atoms with E-state index in [4.69, 9.17) is 5.73 Å². The molecule has 2 atom stereocenters. The number of likely N-dealkylation sites (N-methyl/N-ethyl adjacent to an activating group) is 1. The molecule has 1 aromatic heterocycles. The highest BCUT2D eigenvalue weighted by Gasteiger charge is 2.40. The van der Waals surface area contributed by atoms with Gasteiger partial charge in [0.2, 0.25) is 0 Å². The van der Waals surface area contributed by atoms with Crippen LogP contribution < -0.4 is 5.73 Å². The minimum atomic E-state index is 0.148. The van der Waals surface area contributed by atoms with E-state index in [1.165, 1.54) is 6.42 Å². The van der Waals surface area contributed by atoms with Gasteiger partial charge in [-0.15, -0.1) is 0 Å². The Morgan fingerprint density at radius 1 is 1.56 bits per heavy atom. The third kappa shape index (κ3) is 2.87. The van der Waals surface area contributed by atoms with Crippen LogP contribution in [-0.4, -0.2) is 40.0 Å². The van der Waals surface area contributed by atoms with Crippen molar-refractivity contribution in [2.45, 2.75) is 37.6 Å². The largest absolute Gasteiger partial charge is 0.329 e. The van der Waals surface area contributed by atoms with Gasteiger partial charge in [-0.3, -0.25) is 9.88 Å². The fourth-order valence-electron chi connectivity index (χ4n) is 2.61. The van der Waals surface area contributed by atoms with Crippen LogP contribution in [0.2, 0.25) is 0 Å². The number of aromatic nitrogens is 1. The molecule has 0 radical (unpaired) electrons. The average Bonchev–Trinajstić information content (AvgIpc) is 2.72. The van der Waals surface area contributed by atoms with Crippen molar-refractivity contribution in [3.63, 3.8) is 0 Å². The lowest BCUT2D eigenvalue weighted by molar-refractivity contribution is 0.137. The molecule has 4 heteroatoms. The summed E-state index contributed by atoms with van der Waals surface area (Å²) in [7, 11) is 2.18. The first-order valence-corrected chi connectivity index (χ1v) is 7.56. The zero-order chi connectivity index (χ0) is 13.2. The number of hydrogen-bond donors (Lipinski definition) is 1. The van der Waals surface area contributed by atoms with Crippen LogP contribution in [0, 0.1) is 6.92 Å². The Labute approximate surface area is 114 Å². The zero-order valence-corrected chi connectivity index (χ0v) is 12.3. The van der Waals surface area contributed by atoms with Gasteiger partial charge in [-0.2, -0.15) is 11.8 Å². The van der Waals surface area contributed by atoms with Gasteiger partial charge in [0.05, 0.1) is 5.69 Å². The van der Waals surface area contributed by atoms with Crippen molar-refractivity contribution >= 4 is 11.8 Å². The van der Waals surface area contributed by atoms with E-state index in [1.54, 1.807) is 0 Å². The summed E-state index contributed by atoms with van der Waals surface area (Å²) in [5, 5.41) is 0.710. The van der Waals surface area contributed by atoms with Gasteiger partial charge in [0.15, 0.2) is 0 Å². The van der Waals surface area contributed by atoms with Crippen LogP contribution in [0.15, 0.2) is 18.2 Å². The first kappa shape index (κ1) is 13.8. The molecular formula is C14H23N3S. The molecule has 0 saturated carbocycles. The Balaban J connectivity index is 2.09. The van der Waals surface area contributed by atoms with Gasteiger partial charge in [0.25, 0.3) is 0 Å². The highest BCUT2D eigenvalue weighted by atomic mass is 32.2. The summed E-state index contributed by atoms with van der Waals surface area (Å²) >= 11 is 2.03. The number of nitrogens with zero attached hydrogens (tertiary/aromatic N) is 2. The molecule has 0 aromatic carbocycles. The van der Waals surface area contributed by atoms with Crippen LogP contribution in [0.5, 0.6) is 0 Å². The maximum Gasteiger partial charge on any atom is 0.0547 e. The lowest BCUT2D eigenvalue weighted by atomic mass is 9.94. The first-order valence-electron chi connectivity index (χ1n) is 6.51. The SMILES string of the molecule is Cc1cccc(CN(C)C2(CN)CSC(C)C2)n1. The molecule has 1 fully saturated rings. The molecule has 3 nitrogen and oxygen atoms in total. The normalized spacial score (nSPS) is 27.9. The molecule has 0 aliphatic carbocycles. The fourth-order valence-corrected chi connectivity index (χ4v) is 4.09. The number of rotatable bonds is 4. The van der Waals surface area contributed by atoms with E-state index >= 15 is 0 Å². The summed E-state index contributed by atoms with van der Waals surface area (Å²) in [6.07, 6.45) is 1.18. The Kier molecular flexibility index (Phi) is 4.30. The number of pyridine rings is 1. The van der Waals surface area contributed by atoms with E-state index in [0.29, 0.717) is 5.25 Å². The van der Waals surface area contributed by atoms with Gasteiger partial charge >= 0.3 is 0 Å². The minimum Gasteiger partial charge on any atom is -0.329 e. The van der Waals surface area contributed by atoms with E-state index < -0.39 is 0 Å². The molecule has 1 aliphatic rings. The number of aryl methyl sites for hydroxylation is 1. The van der Waals surface area contributed by atoms with E-state index in [1.807, 2.05) is 24.8 Å². The fraction of sp³-hybridized carbons (Fsp3) is 0.643. The van der Waals surface area contributed by atoms with Gasteiger partial charge in [0, 0.05) is 35.3 Å². The molecule has 0 spiro atoms. The second kappa shape index (κ2) is 5.59. The molecule has 2 heterocycles. The van der Waals surface area contributed by atoms with E-state index in [2.05, 4.69) is 36.0 Å². The van der Waals surface area contributed by atoms with Crippen molar-refractivity contribution in [1.82, 2.24) is 9.88 Å². The molecule has 2 N–H and O–H groups in total. The van der Waals surface area contributed by atoms with Gasteiger partial charge in [-0.1, -0.05) is 13.0 Å². The molecule has 0 bridgehead atoms. The Morgan fingerprint density at radius 3 is 2.89 bits per heavy atom. The summed E-state index contributed by atoms with van der Waals surface area (Å²) in [6.45, 7) is 5.94. The van der Waals surface area contributed by atoms with Crippen LogP contribution in [0.4, 0.5) is 0 Å².